The Morgan fingerprint density at radius 1 is 1.11 bits per heavy atom. The lowest BCUT2D eigenvalue weighted by atomic mass is 9.95. The molecular weight excluding hydrogens is 222 g/mol. The van der Waals surface area contributed by atoms with Gasteiger partial charge in [-0.15, -0.1) is 0 Å². The number of benzene rings is 2. The van der Waals surface area contributed by atoms with Crippen LogP contribution in [0, 0.1) is 5.92 Å². The second-order valence-electron chi connectivity index (χ2n) is 5.20. The van der Waals surface area contributed by atoms with E-state index in [1.165, 1.54) is 22.8 Å². The van der Waals surface area contributed by atoms with E-state index in [1.54, 1.807) is 7.11 Å². The maximum absolute atomic E-state index is 5.45. The first-order chi connectivity index (χ1) is 8.79. The SMILES string of the molecule is COc1ccc(C2CC(C)CN2)c2ccccc12. The topological polar surface area (TPSA) is 21.3 Å². The summed E-state index contributed by atoms with van der Waals surface area (Å²) in [5.74, 6) is 1.72. The number of fused-ring (bicyclic) bond motifs is 1. The summed E-state index contributed by atoms with van der Waals surface area (Å²) in [4.78, 5) is 0. The van der Waals surface area contributed by atoms with E-state index >= 15 is 0 Å². The van der Waals surface area contributed by atoms with E-state index in [2.05, 4.69) is 48.6 Å². The Kier molecular flexibility index (Phi) is 2.96. The molecule has 0 bridgehead atoms. The summed E-state index contributed by atoms with van der Waals surface area (Å²) in [7, 11) is 1.73. The summed E-state index contributed by atoms with van der Waals surface area (Å²) in [6.07, 6.45) is 1.22. The van der Waals surface area contributed by atoms with Gasteiger partial charge in [0.05, 0.1) is 7.11 Å². The van der Waals surface area contributed by atoms with Crippen molar-refractivity contribution in [2.75, 3.05) is 13.7 Å². The molecule has 0 aliphatic carbocycles. The molecule has 0 amide bonds. The van der Waals surface area contributed by atoms with Gasteiger partial charge in [0.25, 0.3) is 0 Å². The molecule has 0 radical (unpaired) electrons. The van der Waals surface area contributed by atoms with Gasteiger partial charge in [0.1, 0.15) is 5.75 Å². The van der Waals surface area contributed by atoms with Crippen LogP contribution < -0.4 is 10.1 Å². The zero-order valence-electron chi connectivity index (χ0n) is 10.9. The van der Waals surface area contributed by atoms with Gasteiger partial charge in [-0.05, 0) is 35.9 Å². The zero-order chi connectivity index (χ0) is 12.5. The summed E-state index contributed by atoms with van der Waals surface area (Å²) in [6.45, 7) is 3.42. The molecule has 1 N–H and O–H groups in total. The third-order valence-corrected chi connectivity index (χ3v) is 3.86. The van der Waals surface area contributed by atoms with Crippen LogP contribution in [0.2, 0.25) is 0 Å². The van der Waals surface area contributed by atoms with Gasteiger partial charge in [-0.3, -0.25) is 0 Å². The second-order valence-corrected chi connectivity index (χ2v) is 5.20. The van der Waals surface area contributed by atoms with Crippen molar-refractivity contribution in [3.05, 3.63) is 42.0 Å². The van der Waals surface area contributed by atoms with Crippen molar-refractivity contribution in [3.63, 3.8) is 0 Å². The third-order valence-electron chi connectivity index (χ3n) is 3.86. The van der Waals surface area contributed by atoms with E-state index in [1.807, 2.05) is 0 Å². The summed E-state index contributed by atoms with van der Waals surface area (Å²) in [5.41, 5.74) is 1.40. The van der Waals surface area contributed by atoms with Crippen LogP contribution >= 0.6 is 0 Å². The fourth-order valence-electron chi connectivity index (χ4n) is 2.93. The van der Waals surface area contributed by atoms with Crippen LogP contribution in [0.15, 0.2) is 36.4 Å². The number of nitrogens with one attached hydrogen (secondary N) is 1. The Morgan fingerprint density at radius 3 is 2.56 bits per heavy atom. The molecule has 1 aliphatic heterocycles. The summed E-state index contributed by atoms with van der Waals surface area (Å²) >= 11 is 0. The maximum Gasteiger partial charge on any atom is 0.126 e. The second kappa shape index (κ2) is 4.62. The molecule has 1 fully saturated rings. The first kappa shape index (κ1) is 11.5. The molecule has 0 aromatic heterocycles. The highest BCUT2D eigenvalue weighted by Gasteiger charge is 2.23. The summed E-state index contributed by atoms with van der Waals surface area (Å²) in [6, 6.07) is 13.3. The van der Waals surface area contributed by atoms with Gasteiger partial charge in [0.15, 0.2) is 0 Å². The monoisotopic (exact) mass is 241 g/mol. The van der Waals surface area contributed by atoms with Crippen molar-refractivity contribution >= 4 is 10.8 Å². The number of hydrogen-bond acceptors (Lipinski definition) is 2. The van der Waals surface area contributed by atoms with Gasteiger partial charge in [-0.1, -0.05) is 37.3 Å². The number of ether oxygens (including phenoxy) is 1. The number of rotatable bonds is 2. The lowest BCUT2D eigenvalue weighted by Crippen LogP contribution is -2.13. The molecule has 2 atom stereocenters. The fourth-order valence-corrected chi connectivity index (χ4v) is 2.93. The number of methoxy groups -OCH3 is 1. The predicted molar refractivity (Wildman–Crippen MR) is 75.0 cm³/mol. The van der Waals surface area contributed by atoms with Crippen molar-refractivity contribution in [2.24, 2.45) is 5.92 Å². The van der Waals surface area contributed by atoms with E-state index < -0.39 is 0 Å². The predicted octanol–water partition coefficient (Wildman–Crippen LogP) is 3.52. The molecule has 1 aliphatic rings. The van der Waals surface area contributed by atoms with Gasteiger partial charge in [0.2, 0.25) is 0 Å². The van der Waals surface area contributed by atoms with Crippen LogP contribution in [0.1, 0.15) is 24.9 Å². The Labute approximate surface area is 108 Å². The summed E-state index contributed by atoms with van der Waals surface area (Å²) in [5, 5.41) is 6.13. The zero-order valence-corrected chi connectivity index (χ0v) is 10.9. The van der Waals surface area contributed by atoms with Gasteiger partial charge < -0.3 is 10.1 Å². The largest absolute Gasteiger partial charge is 0.496 e. The van der Waals surface area contributed by atoms with Crippen molar-refractivity contribution in [2.45, 2.75) is 19.4 Å². The van der Waals surface area contributed by atoms with Crippen molar-refractivity contribution < 1.29 is 4.74 Å². The molecule has 94 valence electrons. The molecular formula is C16H19NO. The standard InChI is InChI=1S/C16H19NO/c1-11-9-15(17-10-11)13-7-8-16(18-2)14-6-4-3-5-12(13)14/h3-8,11,15,17H,9-10H2,1-2H3. The molecule has 2 nitrogen and oxygen atoms in total. The lowest BCUT2D eigenvalue weighted by molar-refractivity contribution is 0.419. The highest BCUT2D eigenvalue weighted by molar-refractivity contribution is 5.91. The summed E-state index contributed by atoms with van der Waals surface area (Å²) < 4.78 is 5.45. The molecule has 18 heavy (non-hydrogen) atoms. The molecule has 2 aromatic rings. The molecule has 0 saturated carbocycles. The minimum Gasteiger partial charge on any atom is -0.496 e. The molecule has 0 spiro atoms. The number of hydrogen-bond donors (Lipinski definition) is 1. The van der Waals surface area contributed by atoms with Crippen LogP contribution in [0.25, 0.3) is 10.8 Å². The smallest absolute Gasteiger partial charge is 0.126 e. The quantitative estimate of drug-likeness (QED) is 0.868. The average molecular weight is 241 g/mol. The normalized spacial score (nSPS) is 23.4. The maximum atomic E-state index is 5.45. The minimum atomic E-state index is 0.482. The van der Waals surface area contributed by atoms with Crippen LogP contribution in [-0.2, 0) is 0 Å². The molecule has 1 saturated heterocycles. The highest BCUT2D eigenvalue weighted by Crippen LogP contribution is 2.35. The van der Waals surface area contributed by atoms with Gasteiger partial charge in [0, 0.05) is 11.4 Å². The third kappa shape index (κ3) is 1.87. The van der Waals surface area contributed by atoms with Crippen molar-refractivity contribution in [3.8, 4) is 5.75 Å². The van der Waals surface area contributed by atoms with E-state index in [-0.39, 0.29) is 0 Å². The van der Waals surface area contributed by atoms with Gasteiger partial charge in [-0.25, -0.2) is 0 Å². The van der Waals surface area contributed by atoms with Crippen LogP contribution in [0.5, 0.6) is 5.75 Å². The Balaban J connectivity index is 2.13. The van der Waals surface area contributed by atoms with Gasteiger partial charge in [-0.2, -0.15) is 0 Å². The van der Waals surface area contributed by atoms with E-state index in [0.29, 0.717) is 6.04 Å². The Hall–Kier alpha value is -1.54. The van der Waals surface area contributed by atoms with Crippen LogP contribution in [0.3, 0.4) is 0 Å². The van der Waals surface area contributed by atoms with Crippen LogP contribution in [-0.4, -0.2) is 13.7 Å². The molecule has 1 heterocycles. The Morgan fingerprint density at radius 2 is 1.89 bits per heavy atom. The molecule has 2 unspecified atom stereocenters. The highest BCUT2D eigenvalue weighted by atomic mass is 16.5. The molecule has 2 heteroatoms. The van der Waals surface area contributed by atoms with Crippen molar-refractivity contribution in [1.82, 2.24) is 5.32 Å². The van der Waals surface area contributed by atoms with Gasteiger partial charge >= 0.3 is 0 Å². The molecule has 2 aromatic carbocycles. The van der Waals surface area contributed by atoms with E-state index in [9.17, 15) is 0 Å². The van der Waals surface area contributed by atoms with E-state index in [0.717, 1.165) is 18.2 Å². The average Bonchev–Trinajstić information content (AvgIpc) is 2.84. The first-order valence-corrected chi connectivity index (χ1v) is 6.58. The fraction of sp³-hybridized carbons (Fsp3) is 0.375. The van der Waals surface area contributed by atoms with Crippen molar-refractivity contribution in [1.29, 1.82) is 0 Å². The molecule has 3 rings (SSSR count). The van der Waals surface area contributed by atoms with E-state index in [4.69, 9.17) is 4.74 Å². The Bertz CT molecular complexity index is 564. The van der Waals surface area contributed by atoms with Crippen LogP contribution in [0.4, 0.5) is 0 Å². The first-order valence-electron chi connectivity index (χ1n) is 6.58. The minimum absolute atomic E-state index is 0.482. The lowest BCUT2D eigenvalue weighted by Gasteiger charge is -2.15.